The molecule has 0 aliphatic heterocycles. The maximum atomic E-state index is 11.1. The van der Waals surface area contributed by atoms with E-state index < -0.39 is 15.6 Å². The quantitative estimate of drug-likeness (QED) is 0.462. The second-order valence-electron chi connectivity index (χ2n) is 4.17. The summed E-state index contributed by atoms with van der Waals surface area (Å²) >= 11 is 5.39. The number of hydrogen-bond acceptors (Lipinski definition) is 4. The molecule has 0 fully saturated rings. The van der Waals surface area contributed by atoms with Crippen molar-refractivity contribution in [3.63, 3.8) is 0 Å². The van der Waals surface area contributed by atoms with Gasteiger partial charge in [-0.1, -0.05) is 12.1 Å². The van der Waals surface area contributed by atoms with Crippen molar-refractivity contribution in [2.24, 2.45) is 5.41 Å². The summed E-state index contributed by atoms with van der Waals surface area (Å²) in [5.41, 5.74) is -1.02. The Morgan fingerprint density at radius 3 is 2.59 bits per heavy atom. The van der Waals surface area contributed by atoms with Crippen molar-refractivity contribution in [2.45, 2.75) is 13.8 Å². The molecule has 1 rings (SSSR count). The zero-order valence-electron chi connectivity index (χ0n) is 9.47. The lowest BCUT2D eigenvalue weighted by atomic mass is 9.97. The van der Waals surface area contributed by atoms with Crippen LogP contribution in [-0.4, -0.2) is 16.8 Å². The standard InChI is InChI=1S/C11H12ClNO4/c1-11(2,10(12)14)7-17-9-6-4-3-5-8(9)13(15)16/h3-6H,7H2,1-2H3. The molecule has 0 radical (unpaired) electrons. The van der Waals surface area contributed by atoms with Gasteiger partial charge in [0.05, 0.1) is 10.3 Å². The third-order valence-electron chi connectivity index (χ3n) is 2.18. The number of nitro benzene ring substituents is 1. The normalized spacial score (nSPS) is 11.0. The van der Waals surface area contributed by atoms with Crippen molar-refractivity contribution < 1.29 is 14.5 Å². The van der Waals surface area contributed by atoms with Crippen molar-refractivity contribution >= 4 is 22.5 Å². The third kappa shape index (κ3) is 3.42. The van der Waals surface area contributed by atoms with Crippen LogP contribution in [0.5, 0.6) is 5.75 Å². The van der Waals surface area contributed by atoms with Gasteiger partial charge in [-0.3, -0.25) is 14.9 Å². The number of benzene rings is 1. The van der Waals surface area contributed by atoms with Crippen molar-refractivity contribution in [1.82, 2.24) is 0 Å². The summed E-state index contributed by atoms with van der Waals surface area (Å²) < 4.78 is 5.28. The second-order valence-corrected chi connectivity index (χ2v) is 4.51. The summed E-state index contributed by atoms with van der Waals surface area (Å²) in [5.74, 6) is 0.128. The van der Waals surface area contributed by atoms with Crippen LogP contribution in [0.25, 0.3) is 0 Å². The Balaban J connectivity index is 2.83. The molecule has 0 aromatic heterocycles. The van der Waals surface area contributed by atoms with Crippen LogP contribution < -0.4 is 4.74 Å². The number of nitrogens with zero attached hydrogens (tertiary/aromatic N) is 1. The minimum atomic E-state index is -0.884. The number of hydrogen-bond donors (Lipinski definition) is 0. The van der Waals surface area contributed by atoms with Crippen molar-refractivity contribution in [3.8, 4) is 5.75 Å². The van der Waals surface area contributed by atoms with E-state index in [1.165, 1.54) is 12.1 Å². The van der Waals surface area contributed by atoms with E-state index in [1.807, 2.05) is 0 Å². The number of carbonyl (C=O) groups excluding carboxylic acids is 1. The van der Waals surface area contributed by atoms with Gasteiger partial charge in [-0.05, 0) is 31.5 Å². The molecule has 92 valence electrons. The minimum absolute atomic E-state index is 0.0137. The molecule has 1 aromatic rings. The highest BCUT2D eigenvalue weighted by Gasteiger charge is 2.28. The topological polar surface area (TPSA) is 69.4 Å². The summed E-state index contributed by atoms with van der Waals surface area (Å²) in [6.45, 7) is 3.20. The minimum Gasteiger partial charge on any atom is -0.486 e. The predicted octanol–water partition coefficient (Wildman–Crippen LogP) is 2.77. The smallest absolute Gasteiger partial charge is 0.310 e. The number of para-hydroxylation sites is 2. The van der Waals surface area contributed by atoms with Gasteiger partial charge in [0, 0.05) is 6.07 Å². The molecule has 0 unspecified atom stereocenters. The zero-order valence-corrected chi connectivity index (χ0v) is 10.2. The monoisotopic (exact) mass is 257 g/mol. The largest absolute Gasteiger partial charge is 0.486 e. The molecule has 5 nitrogen and oxygen atoms in total. The van der Waals surface area contributed by atoms with E-state index in [2.05, 4.69) is 0 Å². The van der Waals surface area contributed by atoms with E-state index >= 15 is 0 Å². The van der Waals surface area contributed by atoms with E-state index in [4.69, 9.17) is 16.3 Å². The zero-order chi connectivity index (χ0) is 13.1. The fourth-order valence-corrected chi connectivity index (χ4v) is 1.10. The SMILES string of the molecule is CC(C)(COc1ccccc1[N+](=O)[O-])C(=O)Cl. The maximum Gasteiger partial charge on any atom is 0.310 e. The van der Waals surface area contributed by atoms with Crippen LogP contribution in [0.2, 0.25) is 0 Å². The van der Waals surface area contributed by atoms with Crippen molar-refractivity contribution in [1.29, 1.82) is 0 Å². The Labute approximate surface area is 103 Å². The highest BCUT2D eigenvalue weighted by molar-refractivity contribution is 6.64. The van der Waals surface area contributed by atoms with Gasteiger partial charge in [-0.25, -0.2) is 0 Å². The Morgan fingerprint density at radius 2 is 2.06 bits per heavy atom. The van der Waals surface area contributed by atoms with Gasteiger partial charge in [-0.15, -0.1) is 0 Å². The first-order valence-electron chi connectivity index (χ1n) is 4.91. The Hall–Kier alpha value is -1.62. The molecule has 1 aromatic carbocycles. The van der Waals surface area contributed by atoms with E-state index in [-0.39, 0.29) is 18.0 Å². The molecule has 0 spiro atoms. The van der Waals surface area contributed by atoms with E-state index in [1.54, 1.807) is 26.0 Å². The maximum absolute atomic E-state index is 11.1. The lowest BCUT2D eigenvalue weighted by Gasteiger charge is -2.19. The molecular formula is C11H12ClNO4. The first-order chi connectivity index (χ1) is 7.84. The molecule has 17 heavy (non-hydrogen) atoms. The number of halogens is 1. The van der Waals surface area contributed by atoms with Gasteiger partial charge in [0.1, 0.15) is 6.61 Å². The first kappa shape index (κ1) is 13.4. The van der Waals surface area contributed by atoms with E-state index in [0.29, 0.717) is 0 Å². The van der Waals surface area contributed by atoms with Crippen LogP contribution >= 0.6 is 11.6 Å². The first-order valence-corrected chi connectivity index (χ1v) is 5.28. The highest BCUT2D eigenvalue weighted by Crippen LogP contribution is 2.28. The summed E-state index contributed by atoms with van der Waals surface area (Å²) in [5, 5.41) is 10.2. The fraction of sp³-hybridized carbons (Fsp3) is 0.364. The van der Waals surface area contributed by atoms with Crippen LogP contribution in [0.3, 0.4) is 0 Å². The third-order valence-corrected chi connectivity index (χ3v) is 2.69. The summed E-state index contributed by atoms with van der Waals surface area (Å²) in [6, 6.07) is 5.98. The van der Waals surface area contributed by atoms with Gasteiger partial charge in [-0.2, -0.15) is 0 Å². The molecule has 0 atom stereocenters. The summed E-state index contributed by atoms with van der Waals surface area (Å²) in [7, 11) is 0. The second kappa shape index (κ2) is 5.14. The average Bonchev–Trinajstić information content (AvgIpc) is 2.26. The molecule has 0 aliphatic carbocycles. The molecule has 0 heterocycles. The Kier molecular flexibility index (Phi) is 4.07. The van der Waals surface area contributed by atoms with Crippen molar-refractivity contribution in [3.05, 3.63) is 34.4 Å². The lowest BCUT2D eigenvalue weighted by Crippen LogP contribution is -2.27. The number of nitro groups is 1. The molecule has 6 heteroatoms. The van der Waals surface area contributed by atoms with Gasteiger partial charge >= 0.3 is 5.69 Å². The molecule has 0 bridgehead atoms. The van der Waals surface area contributed by atoms with E-state index in [9.17, 15) is 14.9 Å². The van der Waals surface area contributed by atoms with Crippen LogP contribution in [0.15, 0.2) is 24.3 Å². The molecule has 0 amide bonds. The predicted molar refractivity (Wildman–Crippen MR) is 63.2 cm³/mol. The Morgan fingerprint density at radius 1 is 1.47 bits per heavy atom. The van der Waals surface area contributed by atoms with Gasteiger partial charge in [0.15, 0.2) is 5.75 Å². The van der Waals surface area contributed by atoms with Crippen LogP contribution in [0.1, 0.15) is 13.8 Å². The van der Waals surface area contributed by atoms with Crippen molar-refractivity contribution in [2.75, 3.05) is 6.61 Å². The average molecular weight is 258 g/mol. The van der Waals surface area contributed by atoms with E-state index in [0.717, 1.165) is 0 Å². The summed E-state index contributed by atoms with van der Waals surface area (Å²) in [6.07, 6.45) is 0. The summed E-state index contributed by atoms with van der Waals surface area (Å²) in [4.78, 5) is 21.2. The molecule has 0 N–H and O–H groups in total. The fourth-order valence-electron chi connectivity index (χ4n) is 1.04. The number of carbonyl (C=O) groups is 1. The molecule has 0 saturated heterocycles. The van der Waals surface area contributed by atoms with Crippen LogP contribution in [0, 0.1) is 15.5 Å². The van der Waals surface area contributed by atoms with Gasteiger partial charge < -0.3 is 4.74 Å². The Bertz CT molecular complexity index is 445. The van der Waals surface area contributed by atoms with Crippen LogP contribution in [-0.2, 0) is 4.79 Å². The highest BCUT2D eigenvalue weighted by atomic mass is 35.5. The number of ether oxygens (including phenoxy) is 1. The molecular weight excluding hydrogens is 246 g/mol. The lowest BCUT2D eigenvalue weighted by molar-refractivity contribution is -0.385. The molecule has 0 saturated carbocycles. The molecule has 0 aliphatic rings. The van der Waals surface area contributed by atoms with Gasteiger partial charge in [0.25, 0.3) is 0 Å². The number of rotatable bonds is 5. The van der Waals surface area contributed by atoms with Crippen LogP contribution in [0.4, 0.5) is 5.69 Å². The van der Waals surface area contributed by atoms with Gasteiger partial charge in [0.2, 0.25) is 5.24 Å².